The zero-order chi connectivity index (χ0) is 28.0. The molecule has 1 amide bonds. The van der Waals surface area contributed by atoms with Gasteiger partial charge in [0.15, 0.2) is 0 Å². The fourth-order valence-corrected chi connectivity index (χ4v) is 5.71. The molecule has 40 heavy (non-hydrogen) atoms. The second-order valence-corrected chi connectivity index (χ2v) is 9.99. The minimum absolute atomic E-state index is 0.0593. The molecule has 1 saturated heterocycles. The fourth-order valence-electron chi connectivity index (χ4n) is 5.71. The highest BCUT2D eigenvalue weighted by Crippen LogP contribution is 2.44. The Morgan fingerprint density at radius 1 is 1.05 bits per heavy atom. The molecule has 202 valence electrons. The summed E-state index contributed by atoms with van der Waals surface area (Å²) in [6, 6.07) is 18.7. The number of aliphatic carboxylic acids is 1. The Hall–Kier alpha value is -4.92. The molecule has 3 atom stereocenters. The lowest BCUT2D eigenvalue weighted by atomic mass is 9.92. The van der Waals surface area contributed by atoms with Gasteiger partial charge in [-0.3, -0.25) is 4.79 Å². The number of fused-ring (bicyclic) bond motifs is 1. The first kappa shape index (κ1) is 25.4. The maximum absolute atomic E-state index is 13.9. The van der Waals surface area contributed by atoms with Crippen molar-refractivity contribution in [3.8, 4) is 11.4 Å². The van der Waals surface area contributed by atoms with E-state index in [9.17, 15) is 19.1 Å². The standard InChI is InChI=1S/C31H27FN4O4/c1-19-28(34-15-3-4-21(18-34)31(38)39)29(20-5-12-26(40-2)13-6-20)35(30(19)37)25-11-14-27-22(16-25)17-33-36(27)24-9-7-23(32)8-10-24/h3-17,19,28-29H,18H2,1-2H3,(H,38,39). The number of carboxylic acids is 1. The smallest absolute Gasteiger partial charge is 0.333 e. The van der Waals surface area contributed by atoms with Crippen molar-refractivity contribution in [3.05, 3.63) is 108 Å². The number of hydrogen-bond acceptors (Lipinski definition) is 5. The normalized spacial score (nSPS) is 20.7. The minimum atomic E-state index is -0.979. The van der Waals surface area contributed by atoms with Gasteiger partial charge < -0.3 is 19.6 Å². The largest absolute Gasteiger partial charge is 0.497 e. The van der Waals surface area contributed by atoms with Crippen LogP contribution in [-0.4, -0.2) is 51.4 Å². The van der Waals surface area contributed by atoms with Crippen molar-refractivity contribution >= 4 is 28.5 Å². The summed E-state index contributed by atoms with van der Waals surface area (Å²) in [6.45, 7) is 2.08. The molecule has 0 aliphatic carbocycles. The number of allylic oxidation sites excluding steroid dienone is 2. The highest BCUT2D eigenvalue weighted by molar-refractivity contribution is 6.01. The van der Waals surface area contributed by atoms with Crippen LogP contribution in [0.2, 0.25) is 0 Å². The molecule has 0 spiro atoms. The summed E-state index contributed by atoms with van der Waals surface area (Å²) in [7, 11) is 1.60. The maximum atomic E-state index is 13.9. The van der Waals surface area contributed by atoms with E-state index in [-0.39, 0.29) is 29.9 Å². The molecule has 9 heteroatoms. The van der Waals surface area contributed by atoms with Crippen molar-refractivity contribution in [3.63, 3.8) is 0 Å². The number of amides is 1. The zero-order valence-corrected chi connectivity index (χ0v) is 21.9. The van der Waals surface area contributed by atoms with Gasteiger partial charge in [-0.05, 0) is 78.5 Å². The highest BCUT2D eigenvalue weighted by atomic mass is 19.1. The van der Waals surface area contributed by atoms with Crippen LogP contribution in [0.4, 0.5) is 10.1 Å². The van der Waals surface area contributed by atoms with Gasteiger partial charge in [0.25, 0.3) is 0 Å². The number of carbonyl (C=O) groups is 2. The number of rotatable bonds is 6. The van der Waals surface area contributed by atoms with Crippen LogP contribution in [-0.2, 0) is 9.59 Å². The summed E-state index contributed by atoms with van der Waals surface area (Å²) in [4.78, 5) is 29.5. The molecule has 3 unspecified atom stereocenters. The highest BCUT2D eigenvalue weighted by Gasteiger charge is 2.49. The van der Waals surface area contributed by atoms with E-state index in [2.05, 4.69) is 5.10 Å². The summed E-state index contributed by atoms with van der Waals surface area (Å²) in [6.07, 6.45) is 6.89. The van der Waals surface area contributed by atoms with Gasteiger partial charge in [-0.25, -0.2) is 13.9 Å². The van der Waals surface area contributed by atoms with Crippen LogP contribution < -0.4 is 9.64 Å². The minimum Gasteiger partial charge on any atom is -0.497 e. The number of carbonyl (C=O) groups excluding carboxylic acids is 1. The quantitative estimate of drug-likeness (QED) is 0.367. The van der Waals surface area contributed by atoms with Crippen LogP contribution in [0.25, 0.3) is 16.6 Å². The molecule has 1 aromatic heterocycles. The number of aromatic nitrogens is 2. The molecule has 0 bridgehead atoms. The second kappa shape index (κ2) is 10.00. The van der Waals surface area contributed by atoms with Crippen LogP contribution in [0.1, 0.15) is 18.5 Å². The predicted octanol–water partition coefficient (Wildman–Crippen LogP) is 5.11. The molecule has 6 rings (SSSR count). The Morgan fingerprint density at radius 3 is 2.48 bits per heavy atom. The van der Waals surface area contributed by atoms with Gasteiger partial charge in [-0.1, -0.05) is 19.1 Å². The molecule has 1 fully saturated rings. The number of methoxy groups -OCH3 is 1. The van der Waals surface area contributed by atoms with E-state index in [0.29, 0.717) is 11.4 Å². The van der Waals surface area contributed by atoms with E-state index in [1.54, 1.807) is 47.2 Å². The summed E-state index contributed by atoms with van der Waals surface area (Å²) >= 11 is 0. The molecular formula is C31H27FN4O4. The Morgan fingerprint density at radius 2 is 1.77 bits per heavy atom. The molecule has 0 saturated carbocycles. The summed E-state index contributed by atoms with van der Waals surface area (Å²) < 4.78 is 20.6. The number of ether oxygens (including phenoxy) is 1. The third kappa shape index (κ3) is 4.29. The monoisotopic (exact) mass is 538 g/mol. The lowest BCUT2D eigenvalue weighted by Crippen LogP contribution is -2.41. The van der Waals surface area contributed by atoms with Gasteiger partial charge in [-0.15, -0.1) is 0 Å². The first-order valence-electron chi connectivity index (χ1n) is 12.9. The second-order valence-electron chi connectivity index (χ2n) is 9.99. The molecule has 4 aromatic rings. The van der Waals surface area contributed by atoms with Gasteiger partial charge in [0.2, 0.25) is 5.91 Å². The van der Waals surface area contributed by atoms with E-state index in [1.807, 2.05) is 60.5 Å². The first-order chi connectivity index (χ1) is 19.4. The Balaban J connectivity index is 1.43. The van der Waals surface area contributed by atoms with Gasteiger partial charge in [0.1, 0.15) is 11.6 Å². The zero-order valence-electron chi connectivity index (χ0n) is 21.9. The van der Waals surface area contributed by atoms with Gasteiger partial charge in [-0.2, -0.15) is 5.10 Å². The SMILES string of the molecule is COc1ccc(C2C(N3C=CC=C(C(=O)O)C3)C(C)C(=O)N2c2ccc3c(cnn3-c3ccc(F)cc3)c2)cc1. The van der Waals surface area contributed by atoms with E-state index in [4.69, 9.17) is 4.74 Å². The van der Waals surface area contributed by atoms with E-state index in [0.717, 1.165) is 22.2 Å². The molecule has 3 aromatic carbocycles. The van der Waals surface area contributed by atoms with Crippen molar-refractivity contribution in [2.24, 2.45) is 5.92 Å². The number of carboxylic acid groups (broad SMARTS) is 1. The summed E-state index contributed by atoms with van der Waals surface area (Å²) in [5.74, 6) is -1.07. The molecule has 0 radical (unpaired) electrons. The Bertz CT molecular complexity index is 1660. The number of halogens is 1. The topological polar surface area (TPSA) is 87.9 Å². The lowest BCUT2D eigenvalue weighted by Gasteiger charge is -2.37. The Labute approximate surface area is 230 Å². The first-order valence-corrected chi connectivity index (χ1v) is 12.9. The van der Waals surface area contributed by atoms with Gasteiger partial charge in [0.05, 0.1) is 48.1 Å². The average molecular weight is 539 g/mol. The number of benzene rings is 3. The molecule has 2 aliphatic heterocycles. The lowest BCUT2D eigenvalue weighted by molar-refractivity contribution is -0.133. The fraction of sp³-hybridized carbons (Fsp3) is 0.194. The number of anilines is 1. The third-order valence-electron chi connectivity index (χ3n) is 7.68. The van der Waals surface area contributed by atoms with E-state index < -0.39 is 17.9 Å². The van der Waals surface area contributed by atoms with Crippen LogP contribution >= 0.6 is 0 Å². The third-order valence-corrected chi connectivity index (χ3v) is 7.68. The van der Waals surface area contributed by atoms with Crippen molar-refractivity contribution in [2.45, 2.75) is 19.0 Å². The maximum Gasteiger partial charge on any atom is 0.333 e. The number of hydrogen-bond donors (Lipinski definition) is 1. The average Bonchev–Trinajstić information content (AvgIpc) is 3.51. The molecule has 2 aliphatic rings. The van der Waals surface area contributed by atoms with Crippen LogP contribution in [0.5, 0.6) is 5.75 Å². The van der Waals surface area contributed by atoms with Gasteiger partial charge in [0, 0.05) is 17.6 Å². The predicted molar refractivity (Wildman–Crippen MR) is 149 cm³/mol. The molecule has 3 heterocycles. The van der Waals surface area contributed by atoms with E-state index in [1.165, 1.54) is 12.1 Å². The van der Waals surface area contributed by atoms with Crippen molar-refractivity contribution in [1.82, 2.24) is 14.7 Å². The molecular weight excluding hydrogens is 511 g/mol. The van der Waals surface area contributed by atoms with E-state index >= 15 is 0 Å². The number of nitrogens with zero attached hydrogens (tertiary/aromatic N) is 4. The summed E-state index contributed by atoms with van der Waals surface area (Å²) in [5, 5.41) is 15.0. The van der Waals surface area contributed by atoms with Crippen LogP contribution in [0.15, 0.2) is 96.9 Å². The van der Waals surface area contributed by atoms with Crippen molar-refractivity contribution in [1.29, 1.82) is 0 Å². The van der Waals surface area contributed by atoms with Crippen molar-refractivity contribution in [2.75, 3.05) is 18.6 Å². The van der Waals surface area contributed by atoms with Crippen LogP contribution in [0.3, 0.4) is 0 Å². The summed E-state index contributed by atoms with van der Waals surface area (Å²) in [5.41, 5.74) is 3.43. The Kier molecular flexibility index (Phi) is 6.34. The van der Waals surface area contributed by atoms with Crippen molar-refractivity contribution < 1.29 is 23.8 Å². The van der Waals surface area contributed by atoms with Gasteiger partial charge >= 0.3 is 5.97 Å². The van der Waals surface area contributed by atoms with Crippen LogP contribution in [0, 0.1) is 11.7 Å². The molecule has 1 N–H and O–H groups in total. The molecule has 8 nitrogen and oxygen atoms in total.